The summed E-state index contributed by atoms with van der Waals surface area (Å²) in [5.41, 5.74) is -0.757. The number of carbonyl (C=O) groups is 2. The normalized spacial score (nSPS) is 47.7. The number of hydrogen-bond acceptors (Lipinski definition) is 17. The van der Waals surface area contributed by atoms with Crippen LogP contribution in [0.5, 0.6) is 0 Å². The van der Waals surface area contributed by atoms with Crippen molar-refractivity contribution in [3.05, 3.63) is 23.8 Å². The van der Waals surface area contributed by atoms with E-state index in [1.165, 1.54) is 20.1 Å². The van der Waals surface area contributed by atoms with E-state index in [-0.39, 0.29) is 31.1 Å². The Bertz CT molecular complexity index is 1480. The molecule has 17 nitrogen and oxygen atoms in total. The number of cyclic esters (lactones) is 1. The Kier molecular flexibility index (Phi) is 18.9. The van der Waals surface area contributed by atoms with Gasteiger partial charge in [-0.3, -0.25) is 9.59 Å². The first-order chi connectivity index (χ1) is 28.5. The fourth-order valence-corrected chi connectivity index (χ4v) is 9.12. The van der Waals surface area contributed by atoms with Crippen molar-refractivity contribution in [2.24, 2.45) is 23.7 Å². The van der Waals surface area contributed by atoms with Crippen LogP contribution >= 0.6 is 0 Å². The summed E-state index contributed by atoms with van der Waals surface area (Å²) in [6, 6.07) is -0.684. The van der Waals surface area contributed by atoms with Gasteiger partial charge in [0.1, 0.15) is 42.7 Å². The van der Waals surface area contributed by atoms with Crippen molar-refractivity contribution in [1.82, 2.24) is 4.90 Å². The molecule has 0 saturated carbocycles. The molecule has 21 atom stereocenters. The highest BCUT2D eigenvalue weighted by atomic mass is 16.7. The molecule has 3 saturated heterocycles. The van der Waals surface area contributed by atoms with E-state index in [1.54, 1.807) is 52.8 Å². The molecular formula is C44H75NO16. The molecule has 0 amide bonds. The number of likely N-dealkylation sites (N-methyl/N-ethyl adjacent to an activating group) is 1. The van der Waals surface area contributed by atoms with Crippen LogP contribution in [0.2, 0.25) is 0 Å². The second-order valence-corrected chi connectivity index (χ2v) is 18.3. The van der Waals surface area contributed by atoms with E-state index >= 15 is 0 Å². The third-order valence-electron chi connectivity index (χ3n) is 12.9. The van der Waals surface area contributed by atoms with Crippen LogP contribution in [0.1, 0.15) is 88.0 Å². The molecule has 61 heavy (non-hydrogen) atoms. The molecule has 0 aliphatic carbocycles. The summed E-state index contributed by atoms with van der Waals surface area (Å²) in [4.78, 5) is 29.0. The van der Waals surface area contributed by atoms with Crippen molar-refractivity contribution in [2.45, 2.75) is 192 Å². The topological polar surface area (TPSA) is 233 Å². The van der Waals surface area contributed by atoms with Gasteiger partial charge in [-0.2, -0.15) is 0 Å². The van der Waals surface area contributed by atoms with Crippen molar-refractivity contribution in [2.75, 3.05) is 27.8 Å². The van der Waals surface area contributed by atoms with E-state index in [9.17, 15) is 40.2 Å². The predicted molar refractivity (Wildman–Crippen MR) is 221 cm³/mol. The third-order valence-corrected chi connectivity index (χ3v) is 12.9. The molecule has 0 unspecified atom stereocenters. The average Bonchev–Trinajstić information content (AvgIpc) is 3.18. The quantitative estimate of drug-likeness (QED) is 0.171. The van der Waals surface area contributed by atoms with Gasteiger partial charge >= 0.3 is 5.97 Å². The maximum absolute atomic E-state index is 13.6. The van der Waals surface area contributed by atoms with Gasteiger partial charge in [0.05, 0.1) is 55.2 Å². The van der Waals surface area contributed by atoms with Crippen LogP contribution < -0.4 is 0 Å². The molecule has 0 aromatic carbocycles. The molecule has 6 N–H and O–H groups in total. The summed E-state index contributed by atoms with van der Waals surface area (Å²) in [6.07, 6.45) is -9.26. The van der Waals surface area contributed by atoms with Crippen LogP contribution in [0.15, 0.2) is 23.8 Å². The number of methoxy groups -OCH3 is 1. The number of aliphatic hydroxyl groups excluding tert-OH is 5. The highest BCUT2D eigenvalue weighted by Gasteiger charge is 2.51. The summed E-state index contributed by atoms with van der Waals surface area (Å²) in [6.45, 7) is 15.6. The van der Waals surface area contributed by atoms with Crippen LogP contribution in [0.4, 0.5) is 0 Å². The summed E-state index contributed by atoms with van der Waals surface area (Å²) in [5.74, 6) is -2.89. The summed E-state index contributed by atoms with van der Waals surface area (Å²) in [7, 11) is 4.94. The SMILES string of the molecule is CC[C@H]1OC(=O)C[C@@H](O)[C@H](C)[C@@H](O[C@@H]2O[C@H](C)[C@@H](O[C@H]3C[C@@](C)(O)[C@@H](O)[C@H](C)O3)[C@H](N(C)C)[C@H]2O)[C@@H](C)C[C@@H](C)C(=O)/C=C/C(C)=C/[C@@H]1CO[C@@H]1O[C@H](C)[C@@H](O)[C@@H](O)[C@H]1OC. The minimum Gasteiger partial charge on any atom is -0.462 e. The largest absolute Gasteiger partial charge is 0.462 e. The third kappa shape index (κ3) is 12.9. The van der Waals surface area contributed by atoms with Crippen molar-refractivity contribution >= 4 is 11.8 Å². The zero-order valence-corrected chi connectivity index (χ0v) is 38.0. The number of aliphatic hydroxyl groups is 6. The number of esters is 1. The van der Waals surface area contributed by atoms with Crippen LogP contribution in [0.3, 0.4) is 0 Å². The Morgan fingerprint density at radius 2 is 1.49 bits per heavy atom. The molecule has 4 rings (SSSR count). The Morgan fingerprint density at radius 3 is 2.10 bits per heavy atom. The van der Waals surface area contributed by atoms with E-state index in [1.807, 2.05) is 33.8 Å². The zero-order valence-electron chi connectivity index (χ0n) is 38.0. The van der Waals surface area contributed by atoms with Crippen LogP contribution in [-0.4, -0.2) is 179 Å². The van der Waals surface area contributed by atoms with E-state index in [0.29, 0.717) is 18.4 Å². The summed E-state index contributed by atoms with van der Waals surface area (Å²) < 4.78 is 48.6. The van der Waals surface area contributed by atoms with Gasteiger partial charge in [0.15, 0.2) is 24.7 Å². The Balaban J connectivity index is 1.57. The van der Waals surface area contributed by atoms with Gasteiger partial charge in [-0.25, -0.2) is 0 Å². The van der Waals surface area contributed by atoms with Crippen molar-refractivity contribution in [1.29, 1.82) is 0 Å². The highest BCUT2D eigenvalue weighted by Crippen LogP contribution is 2.37. The lowest BCUT2D eigenvalue weighted by atomic mass is 9.82. The molecule has 0 bridgehead atoms. The summed E-state index contributed by atoms with van der Waals surface area (Å²) in [5, 5.41) is 65.8. The molecule has 0 aromatic rings. The fraction of sp³-hybridized carbons (Fsp3) is 0.864. The Morgan fingerprint density at radius 1 is 0.836 bits per heavy atom. The van der Waals surface area contributed by atoms with Gasteiger partial charge in [-0.05, 0) is 73.5 Å². The number of ketones is 1. The maximum atomic E-state index is 13.6. The first-order valence-corrected chi connectivity index (χ1v) is 21.8. The zero-order chi connectivity index (χ0) is 45.7. The molecule has 3 fully saturated rings. The Labute approximate surface area is 361 Å². The van der Waals surface area contributed by atoms with Gasteiger partial charge in [0.25, 0.3) is 0 Å². The molecule has 352 valence electrons. The number of nitrogens with zero attached hydrogens (tertiary/aromatic N) is 1. The monoisotopic (exact) mass is 874 g/mol. The number of ether oxygens (including phenoxy) is 8. The van der Waals surface area contributed by atoms with Gasteiger partial charge in [0, 0.05) is 31.3 Å². The van der Waals surface area contributed by atoms with Gasteiger partial charge in [-0.15, -0.1) is 0 Å². The predicted octanol–water partition coefficient (Wildman–Crippen LogP) is 1.61. The lowest BCUT2D eigenvalue weighted by Crippen LogP contribution is -2.65. The molecule has 4 heterocycles. The first kappa shape index (κ1) is 51.7. The second kappa shape index (κ2) is 22.3. The standard InChI is InChI=1S/C44H75NO16/c1-13-31-28(20-55-43-40(54-12)37(51)35(49)25(6)57-43)16-21(2)14-15-29(46)22(3)17-23(4)38(24(5)30(47)18-32(48)59-31)61-42-36(50)34(45(10)11)39(26(7)58-42)60-33-19-44(9,53)41(52)27(8)56-33/h14-16,22-28,30-31,33-43,47,49-53H,13,17-20H2,1-12H3/b15-14+,21-16+/t22-,23+,24+,25-,26-,27+,28-,30-,31-,33+,34-,35-,36-,37-,38+,39-,40-,41+,42+,43-,44-/m1/s1. The molecular weight excluding hydrogens is 798 g/mol. The van der Waals surface area contributed by atoms with Crippen LogP contribution in [-0.2, 0) is 47.5 Å². The number of rotatable bonds is 10. The first-order valence-electron chi connectivity index (χ1n) is 21.8. The highest BCUT2D eigenvalue weighted by molar-refractivity contribution is 5.91. The molecule has 4 aliphatic rings. The Hall–Kier alpha value is -1.94. The number of hydrogen-bond donors (Lipinski definition) is 6. The van der Waals surface area contributed by atoms with Crippen molar-refractivity contribution < 1.29 is 78.1 Å². The van der Waals surface area contributed by atoms with Crippen LogP contribution in [0.25, 0.3) is 0 Å². The van der Waals surface area contributed by atoms with E-state index in [4.69, 9.17) is 37.9 Å². The summed E-state index contributed by atoms with van der Waals surface area (Å²) >= 11 is 0. The van der Waals surface area contributed by atoms with E-state index < -0.39 is 127 Å². The van der Waals surface area contributed by atoms with Gasteiger partial charge < -0.3 is 73.4 Å². The molecule has 0 aromatic heterocycles. The second-order valence-electron chi connectivity index (χ2n) is 18.3. The van der Waals surface area contributed by atoms with Crippen LogP contribution in [0, 0.1) is 23.7 Å². The van der Waals surface area contributed by atoms with Crippen molar-refractivity contribution in [3.63, 3.8) is 0 Å². The molecule has 0 radical (unpaired) electrons. The maximum Gasteiger partial charge on any atom is 0.308 e. The molecule has 17 heteroatoms. The van der Waals surface area contributed by atoms with E-state index in [2.05, 4.69) is 0 Å². The van der Waals surface area contributed by atoms with Gasteiger partial charge in [-0.1, -0.05) is 45.4 Å². The van der Waals surface area contributed by atoms with E-state index in [0.717, 1.165) is 0 Å². The fourth-order valence-electron chi connectivity index (χ4n) is 9.12. The minimum absolute atomic E-state index is 0.00886. The average molecular weight is 874 g/mol. The lowest BCUT2D eigenvalue weighted by Gasteiger charge is -2.50. The number of carbonyl (C=O) groups excluding carboxylic acids is 2. The van der Waals surface area contributed by atoms with Crippen molar-refractivity contribution in [3.8, 4) is 0 Å². The smallest absolute Gasteiger partial charge is 0.308 e. The minimum atomic E-state index is -1.46. The number of allylic oxidation sites excluding steroid dienone is 3. The lowest BCUT2D eigenvalue weighted by molar-refractivity contribution is -0.341. The molecule has 4 aliphatic heterocycles. The molecule has 0 spiro atoms. The van der Waals surface area contributed by atoms with Gasteiger partial charge in [0.2, 0.25) is 0 Å².